The lowest BCUT2D eigenvalue weighted by Crippen LogP contribution is -2.43. The highest BCUT2D eigenvalue weighted by molar-refractivity contribution is 5.79. The molecule has 0 bridgehead atoms. The van der Waals surface area contributed by atoms with E-state index in [1.165, 1.54) is 0 Å². The number of rotatable bonds is 4. The number of carbonyl (C=O) groups is 2. The molecular formula is C11H16F3NO3. The molecule has 7 heteroatoms. The maximum Gasteiger partial charge on any atom is 0.392 e. The van der Waals surface area contributed by atoms with Crippen molar-refractivity contribution in [2.45, 2.75) is 38.3 Å². The first-order valence-corrected chi connectivity index (χ1v) is 5.88. The molecule has 0 aliphatic heterocycles. The van der Waals surface area contributed by atoms with E-state index in [4.69, 9.17) is 5.11 Å². The van der Waals surface area contributed by atoms with Gasteiger partial charge in [0.2, 0.25) is 5.91 Å². The lowest BCUT2D eigenvalue weighted by Gasteiger charge is -2.31. The highest BCUT2D eigenvalue weighted by Crippen LogP contribution is 2.41. The van der Waals surface area contributed by atoms with Crippen molar-refractivity contribution in [3.8, 4) is 0 Å². The third-order valence-corrected chi connectivity index (χ3v) is 3.16. The van der Waals surface area contributed by atoms with Crippen molar-refractivity contribution >= 4 is 11.9 Å². The van der Waals surface area contributed by atoms with Crippen molar-refractivity contribution in [2.75, 3.05) is 6.54 Å². The molecule has 0 heterocycles. The third kappa shape index (κ3) is 4.19. The standard InChI is InChI=1S/C11H16F3NO3/c12-11(13,14)8-4-2-1-3-7(8)10(18)15-6-5-9(16)17/h7-8H,1-6H2,(H,15,18)(H,16,17). The topological polar surface area (TPSA) is 66.4 Å². The number of nitrogens with one attached hydrogen (secondary N) is 1. The fourth-order valence-corrected chi connectivity index (χ4v) is 2.26. The van der Waals surface area contributed by atoms with Gasteiger partial charge in [0.05, 0.1) is 12.3 Å². The summed E-state index contributed by atoms with van der Waals surface area (Å²) >= 11 is 0. The summed E-state index contributed by atoms with van der Waals surface area (Å²) in [6.45, 7) is -0.130. The van der Waals surface area contributed by atoms with Crippen LogP contribution in [0.5, 0.6) is 0 Å². The summed E-state index contributed by atoms with van der Waals surface area (Å²) in [7, 11) is 0. The van der Waals surface area contributed by atoms with E-state index in [9.17, 15) is 22.8 Å². The Morgan fingerprint density at radius 1 is 1.22 bits per heavy atom. The van der Waals surface area contributed by atoms with Gasteiger partial charge in [-0.3, -0.25) is 9.59 Å². The summed E-state index contributed by atoms with van der Waals surface area (Å²) in [5.74, 6) is -4.45. The normalized spacial score (nSPS) is 24.6. The van der Waals surface area contributed by atoms with Crippen molar-refractivity contribution in [1.82, 2.24) is 5.32 Å². The smallest absolute Gasteiger partial charge is 0.392 e. The molecule has 0 saturated heterocycles. The van der Waals surface area contributed by atoms with Gasteiger partial charge >= 0.3 is 12.1 Å². The minimum Gasteiger partial charge on any atom is -0.481 e. The van der Waals surface area contributed by atoms with Gasteiger partial charge in [0.15, 0.2) is 0 Å². The molecule has 1 saturated carbocycles. The van der Waals surface area contributed by atoms with E-state index < -0.39 is 29.9 Å². The molecule has 2 unspecified atom stereocenters. The molecule has 2 atom stereocenters. The number of amides is 1. The van der Waals surface area contributed by atoms with Crippen molar-refractivity contribution in [3.05, 3.63) is 0 Å². The number of carboxylic acids is 1. The molecule has 0 spiro atoms. The highest BCUT2D eigenvalue weighted by atomic mass is 19.4. The molecule has 1 rings (SSSR count). The fraction of sp³-hybridized carbons (Fsp3) is 0.818. The average molecular weight is 267 g/mol. The Morgan fingerprint density at radius 2 is 1.83 bits per heavy atom. The van der Waals surface area contributed by atoms with Gasteiger partial charge in [-0.05, 0) is 12.8 Å². The number of halogens is 3. The number of hydrogen-bond donors (Lipinski definition) is 2. The van der Waals surface area contributed by atoms with E-state index in [0.717, 1.165) is 0 Å². The van der Waals surface area contributed by atoms with Gasteiger partial charge in [-0.2, -0.15) is 13.2 Å². The molecular weight excluding hydrogens is 251 g/mol. The Morgan fingerprint density at radius 3 is 2.39 bits per heavy atom. The molecule has 1 aliphatic carbocycles. The molecule has 0 aromatic rings. The van der Waals surface area contributed by atoms with E-state index in [2.05, 4.69) is 5.32 Å². The first-order chi connectivity index (χ1) is 8.32. The average Bonchev–Trinajstić information content (AvgIpc) is 2.27. The van der Waals surface area contributed by atoms with Gasteiger partial charge in [0.25, 0.3) is 0 Å². The van der Waals surface area contributed by atoms with Gasteiger partial charge in [-0.15, -0.1) is 0 Å². The Hall–Kier alpha value is -1.27. The van der Waals surface area contributed by atoms with E-state index in [-0.39, 0.29) is 25.8 Å². The van der Waals surface area contributed by atoms with Crippen LogP contribution in [0.2, 0.25) is 0 Å². The lowest BCUT2D eigenvalue weighted by molar-refractivity contribution is -0.198. The van der Waals surface area contributed by atoms with Gasteiger partial charge in [-0.25, -0.2) is 0 Å². The number of carbonyl (C=O) groups excluding carboxylic acids is 1. The summed E-state index contributed by atoms with van der Waals surface area (Å²) < 4.78 is 38.2. The summed E-state index contributed by atoms with van der Waals surface area (Å²) in [4.78, 5) is 21.9. The van der Waals surface area contributed by atoms with Crippen LogP contribution in [0.25, 0.3) is 0 Å². The molecule has 104 valence electrons. The monoisotopic (exact) mass is 267 g/mol. The first-order valence-electron chi connectivity index (χ1n) is 5.88. The Bertz CT molecular complexity index is 317. The van der Waals surface area contributed by atoms with Crippen LogP contribution < -0.4 is 5.32 Å². The maximum absolute atomic E-state index is 12.7. The summed E-state index contributed by atoms with van der Waals surface area (Å²) in [6.07, 6.45) is -3.39. The largest absolute Gasteiger partial charge is 0.481 e. The van der Waals surface area contributed by atoms with Crippen LogP contribution in [0.1, 0.15) is 32.1 Å². The van der Waals surface area contributed by atoms with Crippen LogP contribution in [0.3, 0.4) is 0 Å². The zero-order valence-electron chi connectivity index (χ0n) is 9.79. The first kappa shape index (κ1) is 14.8. The Balaban J connectivity index is 2.55. The molecule has 0 aromatic heterocycles. The number of aliphatic carboxylic acids is 1. The van der Waals surface area contributed by atoms with Crippen LogP contribution in [0.4, 0.5) is 13.2 Å². The number of hydrogen-bond acceptors (Lipinski definition) is 2. The van der Waals surface area contributed by atoms with Crippen molar-refractivity contribution in [2.24, 2.45) is 11.8 Å². The second-order valence-corrected chi connectivity index (χ2v) is 4.47. The lowest BCUT2D eigenvalue weighted by atomic mass is 9.78. The van der Waals surface area contributed by atoms with E-state index >= 15 is 0 Å². The molecule has 0 aromatic carbocycles. The zero-order chi connectivity index (χ0) is 13.8. The zero-order valence-corrected chi connectivity index (χ0v) is 9.79. The molecule has 2 N–H and O–H groups in total. The molecule has 1 amide bonds. The highest BCUT2D eigenvalue weighted by Gasteiger charge is 2.47. The van der Waals surface area contributed by atoms with Crippen LogP contribution in [0.15, 0.2) is 0 Å². The Labute approximate surface area is 103 Å². The van der Waals surface area contributed by atoms with Crippen LogP contribution >= 0.6 is 0 Å². The van der Waals surface area contributed by atoms with Gasteiger partial charge in [-0.1, -0.05) is 12.8 Å². The SMILES string of the molecule is O=C(O)CCNC(=O)C1CCCCC1C(F)(F)F. The molecule has 1 fully saturated rings. The van der Waals surface area contributed by atoms with E-state index in [0.29, 0.717) is 12.8 Å². The quantitative estimate of drug-likeness (QED) is 0.818. The molecule has 18 heavy (non-hydrogen) atoms. The second-order valence-electron chi connectivity index (χ2n) is 4.47. The minimum absolute atomic E-state index is 0.0273. The molecule has 1 aliphatic rings. The number of carboxylic acid groups (broad SMARTS) is 1. The van der Waals surface area contributed by atoms with E-state index in [1.807, 2.05) is 0 Å². The van der Waals surface area contributed by atoms with E-state index in [1.54, 1.807) is 0 Å². The second kappa shape index (κ2) is 6.06. The Kier molecular flexibility index (Phi) is 4.98. The van der Waals surface area contributed by atoms with Crippen LogP contribution in [0, 0.1) is 11.8 Å². The predicted octanol–water partition coefficient (Wildman–Crippen LogP) is 1.95. The van der Waals surface area contributed by atoms with Gasteiger partial charge in [0.1, 0.15) is 0 Å². The van der Waals surface area contributed by atoms with Crippen molar-refractivity contribution < 1.29 is 27.9 Å². The summed E-state index contributed by atoms with van der Waals surface area (Å²) in [6, 6.07) is 0. The van der Waals surface area contributed by atoms with Crippen LogP contribution in [-0.2, 0) is 9.59 Å². The summed E-state index contributed by atoms with van der Waals surface area (Å²) in [5.41, 5.74) is 0. The molecule has 4 nitrogen and oxygen atoms in total. The third-order valence-electron chi connectivity index (χ3n) is 3.16. The van der Waals surface area contributed by atoms with Gasteiger partial charge in [0, 0.05) is 12.5 Å². The van der Waals surface area contributed by atoms with Gasteiger partial charge < -0.3 is 10.4 Å². The predicted molar refractivity (Wildman–Crippen MR) is 56.8 cm³/mol. The van der Waals surface area contributed by atoms with Crippen LogP contribution in [-0.4, -0.2) is 29.7 Å². The minimum atomic E-state index is -4.37. The van der Waals surface area contributed by atoms with Crippen molar-refractivity contribution in [3.63, 3.8) is 0 Å². The molecule has 0 radical (unpaired) electrons. The fourth-order valence-electron chi connectivity index (χ4n) is 2.26. The number of alkyl halides is 3. The summed E-state index contributed by atoms with van der Waals surface area (Å²) in [5, 5.41) is 10.7. The maximum atomic E-state index is 12.7. The van der Waals surface area contributed by atoms with Crippen molar-refractivity contribution in [1.29, 1.82) is 0 Å².